The zero-order valence-electron chi connectivity index (χ0n) is 13.0. The molecule has 1 saturated heterocycles. The van der Waals surface area contributed by atoms with Crippen molar-refractivity contribution in [3.8, 4) is 0 Å². The molecule has 1 heterocycles. The van der Waals surface area contributed by atoms with Gasteiger partial charge in [-0.2, -0.15) is 0 Å². The highest BCUT2D eigenvalue weighted by molar-refractivity contribution is 5.00. The Morgan fingerprint density at radius 3 is 2.63 bits per heavy atom. The quantitative estimate of drug-likeness (QED) is 0.822. The van der Waals surface area contributed by atoms with E-state index in [1.807, 2.05) is 0 Å². The maximum absolute atomic E-state index is 3.88. The molecule has 0 bridgehead atoms. The van der Waals surface area contributed by atoms with Crippen molar-refractivity contribution in [2.75, 3.05) is 19.6 Å². The van der Waals surface area contributed by atoms with Crippen LogP contribution in [0, 0.1) is 11.8 Å². The van der Waals surface area contributed by atoms with Crippen molar-refractivity contribution in [3.05, 3.63) is 0 Å². The van der Waals surface area contributed by atoms with Crippen LogP contribution in [0.4, 0.5) is 0 Å². The Kier molecular flexibility index (Phi) is 4.19. The van der Waals surface area contributed by atoms with Crippen molar-refractivity contribution in [1.82, 2.24) is 10.2 Å². The van der Waals surface area contributed by atoms with Crippen molar-refractivity contribution >= 4 is 0 Å². The summed E-state index contributed by atoms with van der Waals surface area (Å²) in [6.45, 7) is 8.77. The predicted octanol–water partition coefficient (Wildman–Crippen LogP) is 3.42. The lowest BCUT2D eigenvalue weighted by Crippen LogP contribution is -2.63. The standard InChI is InChI=1S/C17H32N2/c1-14-6-5-7-16(10-14)12-19-13-17(8-3-4-9-17)18-11-15(19)2/h14-16,18H,3-13H2,1-2H3. The Bertz CT molecular complexity index is 296. The molecule has 2 heteroatoms. The molecule has 110 valence electrons. The first-order chi connectivity index (χ1) is 9.17. The second-order valence-corrected chi connectivity index (χ2v) is 7.78. The van der Waals surface area contributed by atoms with Gasteiger partial charge in [-0.25, -0.2) is 0 Å². The van der Waals surface area contributed by atoms with E-state index in [1.54, 1.807) is 0 Å². The molecule has 3 aliphatic rings. The van der Waals surface area contributed by atoms with Crippen LogP contribution in [0.2, 0.25) is 0 Å². The SMILES string of the molecule is CC1CCCC(CN2CC3(CCCC3)NCC2C)C1. The van der Waals surface area contributed by atoms with Crippen LogP contribution in [0.15, 0.2) is 0 Å². The molecule has 2 aliphatic carbocycles. The van der Waals surface area contributed by atoms with Gasteiger partial charge in [0.2, 0.25) is 0 Å². The van der Waals surface area contributed by atoms with E-state index in [0.29, 0.717) is 5.54 Å². The maximum Gasteiger partial charge on any atom is 0.0309 e. The normalized spacial score (nSPS) is 39.8. The van der Waals surface area contributed by atoms with Gasteiger partial charge in [-0.05, 0) is 44.4 Å². The molecule has 19 heavy (non-hydrogen) atoms. The highest BCUT2D eigenvalue weighted by Gasteiger charge is 2.40. The number of hydrogen-bond acceptors (Lipinski definition) is 2. The Labute approximate surface area is 119 Å². The summed E-state index contributed by atoms with van der Waals surface area (Å²) in [6.07, 6.45) is 11.6. The van der Waals surface area contributed by atoms with Crippen LogP contribution >= 0.6 is 0 Å². The summed E-state index contributed by atoms with van der Waals surface area (Å²) in [5.74, 6) is 1.94. The highest BCUT2D eigenvalue weighted by Crippen LogP contribution is 2.35. The molecule has 3 unspecified atom stereocenters. The summed E-state index contributed by atoms with van der Waals surface area (Å²) in [5.41, 5.74) is 0.493. The smallest absolute Gasteiger partial charge is 0.0309 e. The van der Waals surface area contributed by atoms with Crippen molar-refractivity contribution < 1.29 is 0 Å². The Morgan fingerprint density at radius 2 is 1.89 bits per heavy atom. The molecule has 0 aromatic carbocycles. The molecule has 2 nitrogen and oxygen atoms in total. The van der Waals surface area contributed by atoms with Gasteiger partial charge >= 0.3 is 0 Å². The Balaban J connectivity index is 1.58. The third-order valence-electron chi connectivity index (χ3n) is 6.00. The lowest BCUT2D eigenvalue weighted by atomic mass is 9.81. The lowest BCUT2D eigenvalue weighted by Gasteiger charge is -2.47. The average Bonchev–Trinajstić information content (AvgIpc) is 2.83. The van der Waals surface area contributed by atoms with Crippen LogP contribution in [0.5, 0.6) is 0 Å². The molecule has 2 saturated carbocycles. The van der Waals surface area contributed by atoms with Gasteiger partial charge in [0, 0.05) is 31.2 Å². The summed E-state index contributed by atoms with van der Waals surface area (Å²) in [4.78, 5) is 2.82. The van der Waals surface area contributed by atoms with Gasteiger partial charge in [0.15, 0.2) is 0 Å². The van der Waals surface area contributed by atoms with Crippen LogP contribution in [0.3, 0.4) is 0 Å². The first-order valence-corrected chi connectivity index (χ1v) is 8.66. The molecular weight excluding hydrogens is 232 g/mol. The highest BCUT2D eigenvalue weighted by atomic mass is 15.3. The average molecular weight is 264 g/mol. The van der Waals surface area contributed by atoms with Gasteiger partial charge in [0.25, 0.3) is 0 Å². The monoisotopic (exact) mass is 264 g/mol. The zero-order valence-corrected chi connectivity index (χ0v) is 13.0. The number of hydrogen-bond donors (Lipinski definition) is 1. The molecule has 1 N–H and O–H groups in total. The molecule has 0 aromatic heterocycles. The topological polar surface area (TPSA) is 15.3 Å². The number of nitrogens with zero attached hydrogens (tertiary/aromatic N) is 1. The minimum atomic E-state index is 0.493. The molecular formula is C17H32N2. The van der Waals surface area contributed by atoms with Crippen LogP contribution in [-0.2, 0) is 0 Å². The van der Waals surface area contributed by atoms with E-state index >= 15 is 0 Å². The third-order valence-corrected chi connectivity index (χ3v) is 6.00. The first-order valence-electron chi connectivity index (χ1n) is 8.66. The van der Waals surface area contributed by atoms with Gasteiger partial charge in [-0.1, -0.05) is 32.6 Å². The summed E-state index contributed by atoms with van der Waals surface area (Å²) in [5, 5.41) is 3.88. The summed E-state index contributed by atoms with van der Waals surface area (Å²) in [7, 11) is 0. The van der Waals surface area contributed by atoms with E-state index in [9.17, 15) is 0 Å². The zero-order chi connectivity index (χ0) is 13.3. The Morgan fingerprint density at radius 1 is 1.11 bits per heavy atom. The van der Waals surface area contributed by atoms with Crippen molar-refractivity contribution in [1.29, 1.82) is 0 Å². The van der Waals surface area contributed by atoms with Crippen LogP contribution < -0.4 is 5.32 Å². The van der Waals surface area contributed by atoms with Gasteiger partial charge in [-0.15, -0.1) is 0 Å². The minimum Gasteiger partial charge on any atom is -0.308 e. The van der Waals surface area contributed by atoms with Crippen molar-refractivity contribution in [2.45, 2.75) is 76.8 Å². The van der Waals surface area contributed by atoms with Gasteiger partial charge < -0.3 is 5.32 Å². The van der Waals surface area contributed by atoms with E-state index in [1.165, 1.54) is 71.0 Å². The second-order valence-electron chi connectivity index (χ2n) is 7.78. The van der Waals surface area contributed by atoms with Crippen molar-refractivity contribution in [2.24, 2.45) is 11.8 Å². The van der Waals surface area contributed by atoms with E-state index in [4.69, 9.17) is 0 Å². The molecule has 0 amide bonds. The molecule has 3 fully saturated rings. The van der Waals surface area contributed by atoms with Crippen LogP contribution in [0.25, 0.3) is 0 Å². The van der Waals surface area contributed by atoms with E-state index in [0.717, 1.165) is 17.9 Å². The molecule has 3 rings (SSSR count). The predicted molar refractivity (Wildman–Crippen MR) is 81.4 cm³/mol. The summed E-state index contributed by atoms with van der Waals surface area (Å²) < 4.78 is 0. The van der Waals surface area contributed by atoms with E-state index < -0.39 is 0 Å². The molecule has 3 atom stereocenters. The fraction of sp³-hybridized carbons (Fsp3) is 1.00. The van der Waals surface area contributed by atoms with E-state index in [2.05, 4.69) is 24.1 Å². The van der Waals surface area contributed by atoms with Gasteiger partial charge in [0.1, 0.15) is 0 Å². The maximum atomic E-state index is 3.88. The molecule has 0 aromatic rings. The fourth-order valence-electron chi connectivity index (χ4n) is 4.78. The number of rotatable bonds is 2. The summed E-state index contributed by atoms with van der Waals surface area (Å²) in [6, 6.07) is 0.739. The van der Waals surface area contributed by atoms with Crippen molar-refractivity contribution in [3.63, 3.8) is 0 Å². The van der Waals surface area contributed by atoms with Gasteiger partial charge in [0.05, 0.1) is 0 Å². The lowest BCUT2D eigenvalue weighted by molar-refractivity contribution is 0.0635. The largest absolute Gasteiger partial charge is 0.308 e. The van der Waals surface area contributed by atoms with Crippen LogP contribution in [-0.4, -0.2) is 36.1 Å². The van der Waals surface area contributed by atoms with Gasteiger partial charge in [-0.3, -0.25) is 4.90 Å². The minimum absolute atomic E-state index is 0.493. The first kappa shape index (κ1) is 13.9. The molecule has 0 radical (unpaired) electrons. The van der Waals surface area contributed by atoms with E-state index in [-0.39, 0.29) is 0 Å². The number of piperazine rings is 1. The summed E-state index contributed by atoms with van der Waals surface area (Å²) >= 11 is 0. The molecule has 1 aliphatic heterocycles. The third kappa shape index (κ3) is 3.16. The fourth-order valence-corrected chi connectivity index (χ4v) is 4.78. The number of nitrogens with one attached hydrogen (secondary N) is 1. The second kappa shape index (κ2) is 5.73. The Hall–Kier alpha value is -0.0800. The molecule has 1 spiro atoms. The van der Waals surface area contributed by atoms with Crippen LogP contribution in [0.1, 0.15) is 65.2 Å².